The Morgan fingerprint density at radius 3 is 2.57 bits per heavy atom. The zero-order valence-corrected chi connectivity index (χ0v) is 14.0. The van der Waals surface area contributed by atoms with E-state index >= 15 is 0 Å². The van der Waals surface area contributed by atoms with E-state index in [9.17, 15) is 13.2 Å². The van der Waals surface area contributed by atoms with Gasteiger partial charge in [0.2, 0.25) is 5.91 Å². The van der Waals surface area contributed by atoms with Gasteiger partial charge in [-0.2, -0.15) is 0 Å². The number of nitrogens with two attached hydrogens (primary N) is 1. The molecule has 1 aromatic carbocycles. The van der Waals surface area contributed by atoms with Gasteiger partial charge < -0.3 is 11.1 Å². The summed E-state index contributed by atoms with van der Waals surface area (Å²) in [5.41, 5.74) is 5.88. The number of hydrogen-bond acceptors (Lipinski definition) is 4. The lowest BCUT2D eigenvalue weighted by molar-refractivity contribution is -0.121. The van der Waals surface area contributed by atoms with Gasteiger partial charge in [0.25, 0.3) is 0 Å². The Labute approximate surface area is 130 Å². The molecule has 0 aromatic heterocycles. The van der Waals surface area contributed by atoms with Crippen LogP contribution in [-0.4, -0.2) is 25.6 Å². The van der Waals surface area contributed by atoms with Gasteiger partial charge in [-0.15, -0.1) is 0 Å². The van der Waals surface area contributed by atoms with Gasteiger partial charge in [0, 0.05) is 11.7 Å². The van der Waals surface area contributed by atoms with Crippen LogP contribution < -0.4 is 11.1 Å². The highest BCUT2D eigenvalue weighted by atomic mass is 35.5. The molecule has 0 heterocycles. The first-order valence-electron chi connectivity index (χ1n) is 6.79. The highest BCUT2D eigenvalue weighted by molar-refractivity contribution is 7.92. The minimum absolute atomic E-state index is 0.0606. The molecular formula is C14H21ClN2O3S. The lowest BCUT2D eigenvalue weighted by Gasteiger charge is -2.18. The summed E-state index contributed by atoms with van der Waals surface area (Å²) in [7, 11) is -3.88. The van der Waals surface area contributed by atoms with Crippen molar-refractivity contribution in [2.24, 2.45) is 0 Å². The van der Waals surface area contributed by atoms with Crippen LogP contribution in [0.2, 0.25) is 5.02 Å². The quantitative estimate of drug-likeness (QED) is 0.783. The molecule has 0 aliphatic carbocycles. The van der Waals surface area contributed by atoms with E-state index in [1.165, 1.54) is 25.1 Å². The van der Waals surface area contributed by atoms with Gasteiger partial charge >= 0.3 is 0 Å². The average Bonchev–Trinajstić information content (AvgIpc) is 2.40. The zero-order chi connectivity index (χ0) is 16.2. The summed E-state index contributed by atoms with van der Waals surface area (Å²) >= 11 is 5.92. The number of hydrogen-bond donors (Lipinski definition) is 2. The van der Waals surface area contributed by atoms with Gasteiger partial charge in [-0.3, -0.25) is 4.79 Å². The summed E-state index contributed by atoms with van der Waals surface area (Å²) in [6.45, 7) is 5.19. The molecule has 0 aliphatic rings. The standard InChI is InChI=1S/C14H21ClN2O3S/c1-4-5-9(2)17-14(18)10(3)21(19,20)13-8-11(16)6-7-12(13)15/h6-10H,4-5,16H2,1-3H3,(H,17,18). The van der Waals surface area contributed by atoms with Crippen molar-refractivity contribution in [2.75, 3.05) is 5.73 Å². The Morgan fingerprint density at radius 1 is 1.38 bits per heavy atom. The SMILES string of the molecule is CCCC(C)NC(=O)C(C)S(=O)(=O)c1cc(N)ccc1Cl. The van der Waals surface area contributed by atoms with E-state index < -0.39 is 21.0 Å². The minimum Gasteiger partial charge on any atom is -0.399 e. The summed E-state index contributed by atoms with van der Waals surface area (Å²) in [6.07, 6.45) is 1.70. The van der Waals surface area contributed by atoms with Crippen LogP contribution in [0.5, 0.6) is 0 Å². The van der Waals surface area contributed by atoms with Crippen LogP contribution in [-0.2, 0) is 14.6 Å². The van der Waals surface area contributed by atoms with Crippen LogP contribution in [0.25, 0.3) is 0 Å². The van der Waals surface area contributed by atoms with Gasteiger partial charge in [0.1, 0.15) is 5.25 Å². The molecule has 0 bridgehead atoms. The summed E-state index contributed by atoms with van der Waals surface area (Å²) in [6, 6.07) is 4.12. The van der Waals surface area contributed by atoms with Crippen molar-refractivity contribution in [3.63, 3.8) is 0 Å². The number of halogens is 1. The summed E-state index contributed by atoms with van der Waals surface area (Å²) in [5.74, 6) is -0.533. The normalized spacial score (nSPS) is 14.5. The smallest absolute Gasteiger partial charge is 0.238 e. The van der Waals surface area contributed by atoms with Gasteiger partial charge in [-0.05, 0) is 38.5 Å². The van der Waals surface area contributed by atoms with E-state index in [0.29, 0.717) is 0 Å². The van der Waals surface area contributed by atoms with E-state index in [1.807, 2.05) is 13.8 Å². The fourth-order valence-electron chi connectivity index (χ4n) is 1.93. The van der Waals surface area contributed by atoms with Crippen LogP contribution >= 0.6 is 11.6 Å². The average molecular weight is 333 g/mol. The summed E-state index contributed by atoms with van der Waals surface area (Å²) in [4.78, 5) is 12.0. The van der Waals surface area contributed by atoms with Crippen molar-refractivity contribution in [3.05, 3.63) is 23.2 Å². The van der Waals surface area contributed by atoms with Gasteiger partial charge in [-0.25, -0.2) is 8.42 Å². The molecule has 7 heteroatoms. The Balaban J connectivity index is 3.01. The van der Waals surface area contributed by atoms with Crippen molar-refractivity contribution >= 4 is 33.0 Å². The van der Waals surface area contributed by atoms with Crippen LogP contribution in [0, 0.1) is 0 Å². The number of benzene rings is 1. The lowest BCUT2D eigenvalue weighted by atomic mass is 10.2. The number of carbonyl (C=O) groups is 1. The second-order valence-corrected chi connectivity index (χ2v) is 7.72. The number of sulfone groups is 1. The first kappa shape index (κ1) is 17.8. The molecule has 0 saturated heterocycles. The number of nitrogen functional groups attached to an aromatic ring is 1. The number of carbonyl (C=O) groups excluding carboxylic acids is 1. The Kier molecular flexibility index (Phi) is 6.04. The van der Waals surface area contributed by atoms with Gasteiger partial charge in [0.15, 0.2) is 9.84 Å². The monoisotopic (exact) mass is 332 g/mol. The third kappa shape index (κ3) is 4.35. The maximum atomic E-state index is 12.5. The molecule has 21 heavy (non-hydrogen) atoms. The predicted octanol–water partition coefficient (Wildman–Crippen LogP) is 2.39. The van der Waals surface area contributed by atoms with Crippen molar-refractivity contribution in [1.82, 2.24) is 5.32 Å². The molecule has 1 rings (SSSR count). The molecule has 1 amide bonds. The molecule has 3 N–H and O–H groups in total. The van der Waals surface area contributed by atoms with Crippen LogP contribution in [0.15, 0.2) is 23.1 Å². The maximum absolute atomic E-state index is 12.5. The van der Waals surface area contributed by atoms with Crippen molar-refractivity contribution in [2.45, 2.75) is 49.8 Å². The highest BCUT2D eigenvalue weighted by Crippen LogP contribution is 2.27. The number of rotatable bonds is 6. The molecule has 118 valence electrons. The number of nitrogens with one attached hydrogen (secondary N) is 1. The fraction of sp³-hybridized carbons (Fsp3) is 0.500. The van der Waals surface area contributed by atoms with Crippen LogP contribution in [0.4, 0.5) is 5.69 Å². The molecule has 0 radical (unpaired) electrons. The van der Waals surface area contributed by atoms with Crippen LogP contribution in [0.1, 0.15) is 33.6 Å². The molecule has 0 aliphatic heterocycles. The van der Waals surface area contributed by atoms with E-state index in [2.05, 4.69) is 5.32 Å². The second kappa shape index (κ2) is 7.13. The van der Waals surface area contributed by atoms with E-state index in [4.69, 9.17) is 17.3 Å². The van der Waals surface area contributed by atoms with Gasteiger partial charge in [0.05, 0.1) is 9.92 Å². The molecule has 0 fully saturated rings. The Morgan fingerprint density at radius 2 is 2.00 bits per heavy atom. The largest absolute Gasteiger partial charge is 0.399 e. The van der Waals surface area contributed by atoms with Crippen molar-refractivity contribution in [3.8, 4) is 0 Å². The molecule has 1 aromatic rings. The third-order valence-electron chi connectivity index (χ3n) is 3.21. The topological polar surface area (TPSA) is 89.3 Å². The first-order chi connectivity index (χ1) is 9.70. The van der Waals surface area contributed by atoms with E-state index in [1.54, 1.807) is 0 Å². The predicted molar refractivity (Wildman–Crippen MR) is 85.0 cm³/mol. The summed E-state index contributed by atoms with van der Waals surface area (Å²) in [5, 5.41) is 1.53. The molecule has 2 atom stereocenters. The minimum atomic E-state index is -3.88. The van der Waals surface area contributed by atoms with E-state index in [-0.39, 0.29) is 21.6 Å². The third-order valence-corrected chi connectivity index (χ3v) is 5.74. The molecular weight excluding hydrogens is 312 g/mol. The zero-order valence-electron chi connectivity index (χ0n) is 12.4. The van der Waals surface area contributed by atoms with E-state index in [0.717, 1.165) is 12.8 Å². The molecule has 0 saturated carbocycles. The molecule has 0 spiro atoms. The molecule has 5 nitrogen and oxygen atoms in total. The summed E-state index contributed by atoms with van der Waals surface area (Å²) < 4.78 is 25.0. The van der Waals surface area contributed by atoms with Crippen molar-refractivity contribution < 1.29 is 13.2 Å². The lowest BCUT2D eigenvalue weighted by Crippen LogP contribution is -2.42. The molecule has 2 unspecified atom stereocenters. The second-order valence-electron chi connectivity index (χ2n) is 5.08. The van der Waals surface area contributed by atoms with Crippen molar-refractivity contribution in [1.29, 1.82) is 0 Å². The highest BCUT2D eigenvalue weighted by Gasteiger charge is 2.32. The Bertz CT molecular complexity index is 617. The number of amides is 1. The fourth-order valence-corrected chi connectivity index (χ4v) is 3.75. The number of anilines is 1. The Hall–Kier alpha value is -1.27. The maximum Gasteiger partial charge on any atom is 0.238 e. The first-order valence-corrected chi connectivity index (χ1v) is 8.71. The van der Waals surface area contributed by atoms with Gasteiger partial charge in [-0.1, -0.05) is 24.9 Å². The van der Waals surface area contributed by atoms with Crippen LogP contribution in [0.3, 0.4) is 0 Å².